The summed E-state index contributed by atoms with van der Waals surface area (Å²) in [6.07, 6.45) is -4.22. The molecule has 0 bridgehead atoms. The molecule has 2 aromatic rings. The van der Waals surface area contributed by atoms with Crippen molar-refractivity contribution in [2.75, 3.05) is 22.9 Å². The number of hydrogen-bond donors (Lipinski definition) is 3. The first-order valence-corrected chi connectivity index (χ1v) is 10.2. The Hall–Kier alpha value is -2.80. The van der Waals surface area contributed by atoms with E-state index in [-0.39, 0.29) is 22.9 Å². The van der Waals surface area contributed by atoms with E-state index in [4.69, 9.17) is 4.74 Å². The van der Waals surface area contributed by atoms with E-state index in [9.17, 15) is 31.5 Å². The Morgan fingerprint density at radius 2 is 2.00 bits per heavy atom. The molecule has 30 heavy (non-hydrogen) atoms. The minimum absolute atomic E-state index is 0.0417. The molecular formula is C17H21F3N4O5S. The number of ether oxygens (including phenoxy) is 1. The Kier molecular flexibility index (Phi) is 6.67. The van der Waals surface area contributed by atoms with Crippen molar-refractivity contribution in [2.45, 2.75) is 25.1 Å². The Morgan fingerprint density at radius 1 is 1.33 bits per heavy atom. The maximum Gasteiger partial charge on any atom is 0.425 e. The molecule has 1 unspecified atom stereocenters. The number of aromatic nitrogens is 2. The highest BCUT2D eigenvalue weighted by Crippen LogP contribution is 2.41. The molecule has 3 N–H and O–H groups in total. The van der Waals surface area contributed by atoms with Gasteiger partial charge in [0.15, 0.2) is 5.82 Å². The third-order valence-corrected chi connectivity index (χ3v) is 5.50. The number of anilines is 2. The van der Waals surface area contributed by atoms with Crippen LogP contribution in [0, 0.1) is 0 Å². The molecule has 166 valence electrons. The molecule has 1 aromatic heterocycles. The largest absolute Gasteiger partial charge is 0.494 e. The molecule has 1 aromatic carbocycles. The lowest BCUT2D eigenvalue weighted by Gasteiger charge is -2.29. The van der Waals surface area contributed by atoms with Crippen LogP contribution in [0.5, 0.6) is 5.75 Å². The number of aliphatic hydroxyl groups is 1. The number of carbonyl (C=O) groups is 1. The van der Waals surface area contributed by atoms with Gasteiger partial charge in [0.05, 0.1) is 25.0 Å². The maximum absolute atomic E-state index is 13.5. The van der Waals surface area contributed by atoms with Crippen LogP contribution in [0.2, 0.25) is 0 Å². The zero-order chi connectivity index (χ0) is 22.7. The number of alkyl halides is 3. The summed E-state index contributed by atoms with van der Waals surface area (Å²) >= 11 is 0. The maximum atomic E-state index is 13.5. The van der Waals surface area contributed by atoms with Crippen LogP contribution in [-0.4, -0.2) is 48.0 Å². The summed E-state index contributed by atoms with van der Waals surface area (Å²) in [6.45, 7) is 1.44. The molecule has 1 heterocycles. The van der Waals surface area contributed by atoms with Gasteiger partial charge in [-0.25, -0.2) is 13.4 Å². The van der Waals surface area contributed by atoms with Crippen molar-refractivity contribution in [3.63, 3.8) is 0 Å². The van der Waals surface area contributed by atoms with Gasteiger partial charge < -0.3 is 19.7 Å². The van der Waals surface area contributed by atoms with Gasteiger partial charge in [-0.3, -0.25) is 9.52 Å². The molecule has 0 saturated carbocycles. The molecule has 1 atom stereocenters. The Morgan fingerprint density at radius 3 is 2.50 bits per heavy atom. The van der Waals surface area contributed by atoms with Crippen LogP contribution in [0.4, 0.5) is 24.5 Å². The molecule has 9 nitrogen and oxygen atoms in total. The minimum Gasteiger partial charge on any atom is -0.494 e. The van der Waals surface area contributed by atoms with E-state index in [2.05, 4.69) is 15.0 Å². The fourth-order valence-electron chi connectivity index (χ4n) is 2.60. The average molecular weight is 450 g/mol. The number of halogens is 3. The van der Waals surface area contributed by atoms with Crippen molar-refractivity contribution in [3.05, 3.63) is 36.4 Å². The van der Waals surface area contributed by atoms with Crippen LogP contribution in [-0.2, 0) is 27.5 Å². The number of sulfonamides is 1. The predicted molar refractivity (Wildman–Crippen MR) is 102 cm³/mol. The fourth-order valence-corrected chi connectivity index (χ4v) is 3.25. The summed E-state index contributed by atoms with van der Waals surface area (Å²) in [4.78, 5) is 15.8. The second-order valence-electron chi connectivity index (χ2n) is 6.37. The van der Waals surface area contributed by atoms with E-state index in [0.717, 1.165) is 10.8 Å². The molecule has 2 rings (SSSR count). The number of carbonyl (C=O) groups excluding carboxylic acids is 1. The summed E-state index contributed by atoms with van der Waals surface area (Å²) in [5.74, 6) is -2.01. The number of rotatable bonds is 8. The van der Waals surface area contributed by atoms with Crippen LogP contribution in [0.1, 0.15) is 19.2 Å². The summed E-state index contributed by atoms with van der Waals surface area (Å²) in [7, 11) is -1.08. The smallest absolute Gasteiger partial charge is 0.425 e. The van der Waals surface area contributed by atoms with Gasteiger partial charge in [-0.1, -0.05) is 0 Å². The monoisotopic (exact) mass is 450 g/mol. The van der Waals surface area contributed by atoms with Crippen molar-refractivity contribution in [3.8, 4) is 5.75 Å². The Labute approximate surface area is 170 Å². The molecule has 0 saturated heterocycles. The standard InChI is InChI=1S/C17H21F3N4O5S/c1-4-30(27,28)23-12-6-5-11(9-13(12)29-3)22-14(25)10-16(26,17(18,19)20)15-21-7-8-24(15)2/h5-9,23,26H,4,10H2,1-3H3,(H,22,25). The number of benzene rings is 1. The van der Waals surface area contributed by atoms with Gasteiger partial charge in [-0.2, -0.15) is 13.2 Å². The first-order valence-electron chi connectivity index (χ1n) is 8.58. The third-order valence-electron chi connectivity index (χ3n) is 4.21. The molecule has 1 amide bonds. The van der Waals surface area contributed by atoms with Gasteiger partial charge in [0.1, 0.15) is 5.75 Å². The molecule has 13 heteroatoms. The van der Waals surface area contributed by atoms with Crippen LogP contribution in [0.3, 0.4) is 0 Å². The highest BCUT2D eigenvalue weighted by atomic mass is 32.2. The van der Waals surface area contributed by atoms with Crippen molar-refractivity contribution < 1.29 is 36.2 Å². The quantitative estimate of drug-likeness (QED) is 0.565. The van der Waals surface area contributed by atoms with E-state index in [0.29, 0.717) is 0 Å². The van der Waals surface area contributed by atoms with Crippen LogP contribution in [0.25, 0.3) is 0 Å². The van der Waals surface area contributed by atoms with Crippen LogP contribution in [0.15, 0.2) is 30.6 Å². The number of imidazole rings is 1. The first kappa shape index (κ1) is 23.5. The summed E-state index contributed by atoms with van der Waals surface area (Å²) < 4.78 is 72.4. The molecule has 0 spiro atoms. The Balaban J connectivity index is 2.25. The summed E-state index contributed by atoms with van der Waals surface area (Å²) in [5, 5.41) is 12.5. The highest BCUT2D eigenvalue weighted by molar-refractivity contribution is 7.92. The van der Waals surface area contributed by atoms with Gasteiger partial charge in [0.25, 0.3) is 0 Å². The number of amides is 1. The van der Waals surface area contributed by atoms with Crippen molar-refractivity contribution in [1.82, 2.24) is 9.55 Å². The first-order chi connectivity index (χ1) is 13.8. The Bertz CT molecular complexity index is 1020. The van der Waals surface area contributed by atoms with Crippen molar-refractivity contribution in [1.29, 1.82) is 0 Å². The van der Waals surface area contributed by atoms with Gasteiger partial charge in [-0.15, -0.1) is 0 Å². The van der Waals surface area contributed by atoms with E-state index >= 15 is 0 Å². The number of nitrogens with one attached hydrogen (secondary N) is 2. The number of methoxy groups -OCH3 is 1. The van der Waals surface area contributed by atoms with Gasteiger partial charge >= 0.3 is 6.18 Å². The lowest BCUT2D eigenvalue weighted by molar-refractivity contribution is -0.270. The zero-order valence-corrected chi connectivity index (χ0v) is 17.1. The second-order valence-corrected chi connectivity index (χ2v) is 8.38. The van der Waals surface area contributed by atoms with Crippen LogP contribution < -0.4 is 14.8 Å². The van der Waals surface area contributed by atoms with E-state index < -0.39 is 40.0 Å². The highest BCUT2D eigenvalue weighted by Gasteiger charge is 2.58. The fraction of sp³-hybridized carbons (Fsp3) is 0.412. The average Bonchev–Trinajstić information content (AvgIpc) is 3.08. The van der Waals surface area contributed by atoms with Crippen LogP contribution >= 0.6 is 0 Å². The molecule has 0 aliphatic heterocycles. The number of hydrogen-bond acceptors (Lipinski definition) is 6. The van der Waals surface area contributed by atoms with Gasteiger partial charge in [-0.05, 0) is 19.1 Å². The summed E-state index contributed by atoms with van der Waals surface area (Å²) in [5.41, 5.74) is -3.37. The lowest BCUT2D eigenvalue weighted by Crippen LogP contribution is -2.46. The molecule has 0 aliphatic carbocycles. The van der Waals surface area contributed by atoms with Gasteiger partial charge in [0.2, 0.25) is 21.5 Å². The summed E-state index contributed by atoms with van der Waals surface area (Å²) in [6, 6.07) is 3.80. The van der Waals surface area contributed by atoms with E-state index in [1.807, 2.05) is 0 Å². The topological polar surface area (TPSA) is 123 Å². The number of aryl methyl sites for hydroxylation is 1. The second kappa shape index (κ2) is 8.52. The lowest BCUT2D eigenvalue weighted by atomic mass is 9.97. The van der Waals surface area contributed by atoms with E-state index in [1.165, 1.54) is 45.5 Å². The molecule has 0 radical (unpaired) electrons. The predicted octanol–water partition coefficient (Wildman–Crippen LogP) is 1.97. The van der Waals surface area contributed by atoms with Crippen molar-refractivity contribution >= 4 is 27.3 Å². The molecular weight excluding hydrogens is 429 g/mol. The normalized spacial score (nSPS) is 14.1. The van der Waals surface area contributed by atoms with Gasteiger partial charge in [0, 0.05) is 31.2 Å². The SMILES string of the molecule is CCS(=O)(=O)Nc1ccc(NC(=O)CC(O)(c2nccn2C)C(F)(F)F)cc1OC. The molecule has 0 aliphatic rings. The van der Waals surface area contributed by atoms with E-state index in [1.54, 1.807) is 0 Å². The van der Waals surface area contributed by atoms with Crippen molar-refractivity contribution in [2.24, 2.45) is 7.05 Å². The number of nitrogens with zero attached hydrogens (tertiary/aromatic N) is 2. The zero-order valence-electron chi connectivity index (χ0n) is 16.3. The molecule has 0 fully saturated rings. The minimum atomic E-state index is -5.16. The third kappa shape index (κ3) is 5.02.